The van der Waals surface area contributed by atoms with Crippen LogP contribution in [0.1, 0.15) is 22.6 Å². The number of halogens is 1. The Morgan fingerprint density at radius 2 is 1.33 bits per heavy atom. The van der Waals surface area contributed by atoms with Gasteiger partial charge in [0.15, 0.2) is 0 Å². The zero-order valence-corrected chi connectivity index (χ0v) is 11.4. The largest absolute Gasteiger partial charge is 0.396 e. The smallest absolute Gasteiger partial charge is 0.146 e. The van der Waals surface area contributed by atoms with Crippen LogP contribution < -0.4 is 5.73 Å². The summed E-state index contributed by atoms with van der Waals surface area (Å²) in [6.45, 7) is 0. The van der Waals surface area contributed by atoms with E-state index in [4.69, 9.17) is 5.73 Å². The predicted octanol–water partition coefficient (Wildman–Crippen LogP) is 4.57. The van der Waals surface area contributed by atoms with Gasteiger partial charge in [0, 0.05) is 5.92 Å². The molecule has 1 nitrogen and oxygen atoms in total. The molecular weight excluding hydrogens is 261 g/mol. The lowest BCUT2D eigenvalue weighted by Gasteiger charge is -2.14. The van der Waals surface area contributed by atoms with Crippen LogP contribution in [0.4, 0.5) is 10.1 Å². The molecule has 0 heterocycles. The maximum absolute atomic E-state index is 13.9. The van der Waals surface area contributed by atoms with Crippen molar-refractivity contribution in [2.24, 2.45) is 0 Å². The Bertz CT molecular complexity index is 793. The van der Waals surface area contributed by atoms with Gasteiger partial charge in [0.05, 0.1) is 5.69 Å². The zero-order chi connectivity index (χ0) is 14.4. The molecule has 0 atom stereocenters. The van der Waals surface area contributed by atoms with Crippen LogP contribution in [0.3, 0.4) is 0 Å². The average Bonchev–Trinajstić information content (AvgIpc) is 2.85. The van der Waals surface area contributed by atoms with Crippen molar-refractivity contribution < 1.29 is 4.39 Å². The van der Waals surface area contributed by atoms with E-state index in [0.29, 0.717) is 0 Å². The maximum Gasteiger partial charge on any atom is 0.146 e. The van der Waals surface area contributed by atoms with Crippen LogP contribution in [-0.4, -0.2) is 0 Å². The number of hydrogen-bond acceptors (Lipinski definition) is 1. The molecule has 21 heavy (non-hydrogen) atoms. The Balaban J connectivity index is 1.98. The van der Waals surface area contributed by atoms with Crippen molar-refractivity contribution in [3.8, 4) is 11.1 Å². The van der Waals surface area contributed by atoms with Crippen LogP contribution in [-0.2, 0) is 0 Å². The standard InChI is InChI=1S/C19H14FN/c20-17-11-12(9-10-18(17)21)19-15-7-3-1-5-13(15)14-6-2-4-8-16(14)19/h1-11,19H,21H2. The number of anilines is 1. The third-order valence-electron chi connectivity index (χ3n) is 4.19. The van der Waals surface area contributed by atoms with Crippen molar-refractivity contribution in [2.75, 3.05) is 5.73 Å². The second-order valence-corrected chi connectivity index (χ2v) is 5.39. The lowest BCUT2D eigenvalue weighted by Crippen LogP contribution is -2.01. The molecule has 0 radical (unpaired) electrons. The molecule has 0 unspecified atom stereocenters. The molecule has 3 aromatic rings. The summed E-state index contributed by atoms with van der Waals surface area (Å²) in [5.41, 5.74) is 11.7. The van der Waals surface area contributed by atoms with E-state index in [1.165, 1.54) is 22.3 Å². The summed E-state index contributed by atoms with van der Waals surface area (Å²) >= 11 is 0. The van der Waals surface area contributed by atoms with Crippen molar-refractivity contribution in [3.05, 3.63) is 89.2 Å². The van der Waals surface area contributed by atoms with Gasteiger partial charge in [-0.2, -0.15) is 0 Å². The minimum absolute atomic E-state index is 0.0764. The van der Waals surface area contributed by atoms with Crippen molar-refractivity contribution in [2.45, 2.75) is 5.92 Å². The van der Waals surface area contributed by atoms with Crippen molar-refractivity contribution in [3.63, 3.8) is 0 Å². The van der Waals surface area contributed by atoms with Gasteiger partial charge < -0.3 is 5.73 Å². The first-order valence-electron chi connectivity index (χ1n) is 6.99. The molecule has 3 aromatic carbocycles. The summed E-state index contributed by atoms with van der Waals surface area (Å²) in [4.78, 5) is 0. The van der Waals surface area contributed by atoms with Gasteiger partial charge in [-0.15, -0.1) is 0 Å². The second kappa shape index (κ2) is 4.45. The summed E-state index contributed by atoms with van der Waals surface area (Å²) in [5.74, 6) is -0.276. The van der Waals surface area contributed by atoms with Crippen molar-refractivity contribution in [1.29, 1.82) is 0 Å². The summed E-state index contributed by atoms with van der Waals surface area (Å²) < 4.78 is 13.9. The minimum atomic E-state index is -0.352. The highest BCUT2D eigenvalue weighted by molar-refractivity contribution is 5.80. The Morgan fingerprint density at radius 1 is 0.762 bits per heavy atom. The molecule has 4 rings (SSSR count). The number of benzene rings is 3. The third kappa shape index (κ3) is 1.76. The molecule has 0 spiro atoms. The summed E-state index contributed by atoms with van der Waals surface area (Å²) in [6.07, 6.45) is 0. The van der Waals surface area contributed by atoms with E-state index in [0.717, 1.165) is 5.56 Å². The molecule has 1 aliphatic rings. The number of fused-ring (bicyclic) bond motifs is 3. The third-order valence-corrected chi connectivity index (χ3v) is 4.19. The second-order valence-electron chi connectivity index (χ2n) is 5.39. The zero-order valence-electron chi connectivity index (χ0n) is 11.4. The Morgan fingerprint density at radius 3 is 1.90 bits per heavy atom. The first kappa shape index (κ1) is 12.2. The quantitative estimate of drug-likeness (QED) is 0.506. The molecule has 0 saturated heterocycles. The molecule has 1 aliphatic carbocycles. The molecule has 0 saturated carbocycles. The maximum atomic E-state index is 13.9. The van der Waals surface area contributed by atoms with Gasteiger partial charge >= 0.3 is 0 Å². The van der Waals surface area contributed by atoms with Crippen molar-refractivity contribution in [1.82, 2.24) is 0 Å². The SMILES string of the molecule is Nc1ccc(C2c3ccccc3-c3ccccc32)cc1F. The lowest BCUT2D eigenvalue weighted by atomic mass is 9.89. The summed E-state index contributed by atoms with van der Waals surface area (Å²) in [5, 5.41) is 0. The Hall–Kier alpha value is -2.61. The van der Waals surface area contributed by atoms with Gasteiger partial charge in [0.1, 0.15) is 5.82 Å². The van der Waals surface area contributed by atoms with Crippen LogP contribution in [0.2, 0.25) is 0 Å². The number of nitrogens with two attached hydrogens (primary N) is 1. The monoisotopic (exact) mass is 275 g/mol. The highest BCUT2D eigenvalue weighted by atomic mass is 19.1. The van der Waals surface area contributed by atoms with Crippen LogP contribution in [0.5, 0.6) is 0 Å². The lowest BCUT2D eigenvalue weighted by molar-refractivity contribution is 0.630. The highest BCUT2D eigenvalue weighted by Crippen LogP contribution is 2.47. The molecule has 0 bridgehead atoms. The fourth-order valence-corrected chi connectivity index (χ4v) is 3.24. The van der Waals surface area contributed by atoms with E-state index >= 15 is 0 Å². The first-order chi connectivity index (χ1) is 10.3. The molecule has 0 amide bonds. The molecule has 0 aliphatic heterocycles. The van der Waals surface area contributed by atoms with Gasteiger partial charge in [-0.05, 0) is 39.9 Å². The van der Waals surface area contributed by atoms with E-state index in [-0.39, 0.29) is 17.4 Å². The first-order valence-corrected chi connectivity index (χ1v) is 6.99. The highest BCUT2D eigenvalue weighted by Gasteiger charge is 2.29. The topological polar surface area (TPSA) is 26.0 Å². The van der Waals surface area contributed by atoms with Gasteiger partial charge in [-0.25, -0.2) is 4.39 Å². The number of hydrogen-bond donors (Lipinski definition) is 1. The molecule has 102 valence electrons. The summed E-state index contributed by atoms with van der Waals surface area (Å²) in [7, 11) is 0. The Labute approximate surface area is 122 Å². The van der Waals surface area contributed by atoms with Crippen molar-refractivity contribution >= 4 is 5.69 Å². The number of rotatable bonds is 1. The van der Waals surface area contributed by atoms with E-state index in [1.54, 1.807) is 12.1 Å². The normalized spacial score (nSPS) is 13.0. The molecule has 2 heteroatoms. The van der Waals surface area contributed by atoms with Crippen LogP contribution >= 0.6 is 0 Å². The molecule has 0 aromatic heterocycles. The van der Waals surface area contributed by atoms with Gasteiger partial charge in [0.25, 0.3) is 0 Å². The molecular formula is C19H14FN. The average molecular weight is 275 g/mol. The molecule has 2 N–H and O–H groups in total. The van der Waals surface area contributed by atoms with Crippen LogP contribution in [0, 0.1) is 5.82 Å². The fourth-order valence-electron chi connectivity index (χ4n) is 3.24. The van der Waals surface area contributed by atoms with E-state index in [1.807, 2.05) is 30.3 Å². The van der Waals surface area contributed by atoms with Gasteiger partial charge in [-0.3, -0.25) is 0 Å². The van der Waals surface area contributed by atoms with Crippen LogP contribution in [0.15, 0.2) is 66.7 Å². The minimum Gasteiger partial charge on any atom is -0.396 e. The number of nitrogen functional groups attached to an aromatic ring is 1. The van der Waals surface area contributed by atoms with E-state index in [2.05, 4.69) is 24.3 Å². The van der Waals surface area contributed by atoms with E-state index < -0.39 is 0 Å². The van der Waals surface area contributed by atoms with E-state index in [9.17, 15) is 4.39 Å². The van der Waals surface area contributed by atoms with Gasteiger partial charge in [-0.1, -0.05) is 54.6 Å². The van der Waals surface area contributed by atoms with Gasteiger partial charge in [0.2, 0.25) is 0 Å². The van der Waals surface area contributed by atoms with Crippen LogP contribution in [0.25, 0.3) is 11.1 Å². The Kier molecular flexibility index (Phi) is 2.58. The predicted molar refractivity (Wildman–Crippen MR) is 83.6 cm³/mol. The molecule has 0 fully saturated rings. The summed E-state index contributed by atoms with van der Waals surface area (Å²) in [6, 6.07) is 21.8. The fraction of sp³-hybridized carbons (Fsp3) is 0.0526.